The van der Waals surface area contributed by atoms with E-state index < -0.39 is 0 Å². The van der Waals surface area contributed by atoms with Gasteiger partial charge in [-0.25, -0.2) is 5.43 Å². The van der Waals surface area contributed by atoms with Gasteiger partial charge in [0.2, 0.25) is 5.91 Å². The van der Waals surface area contributed by atoms with Gasteiger partial charge in [-0.1, -0.05) is 64.7 Å². The summed E-state index contributed by atoms with van der Waals surface area (Å²) < 4.78 is 1.07. The van der Waals surface area contributed by atoms with Gasteiger partial charge in [-0.05, 0) is 34.5 Å². The van der Waals surface area contributed by atoms with Crippen LogP contribution in [0.5, 0.6) is 0 Å². The summed E-state index contributed by atoms with van der Waals surface area (Å²) in [4.78, 5) is 12.7. The summed E-state index contributed by atoms with van der Waals surface area (Å²) in [5, 5.41) is 3.98. The van der Waals surface area contributed by atoms with Gasteiger partial charge in [0, 0.05) is 11.3 Å². The SMILES string of the molecule is CCCCCCCCCCCCC(=O)N/N=C/c1ccc(Br)s1. The summed E-state index contributed by atoms with van der Waals surface area (Å²) in [5.41, 5.74) is 2.59. The quantitative estimate of drug-likeness (QED) is 0.236. The zero-order valence-corrected chi connectivity index (χ0v) is 16.6. The zero-order valence-electron chi connectivity index (χ0n) is 14.2. The highest BCUT2D eigenvalue weighted by Gasteiger charge is 2.00. The second-order valence-corrected chi connectivity index (χ2v) is 8.36. The van der Waals surface area contributed by atoms with Crippen LogP contribution in [0.3, 0.4) is 0 Å². The Morgan fingerprint density at radius 3 is 2.26 bits per heavy atom. The first kappa shape index (κ1) is 20.4. The molecule has 130 valence electrons. The molecule has 1 aromatic heterocycles. The third-order valence-electron chi connectivity index (χ3n) is 3.73. The number of nitrogens with one attached hydrogen (secondary N) is 1. The van der Waals surface area contributed by atoms with E-state index in [4.69, 9.17) is 0 Å². The molecular formula is C18H29BrN2OS. The monoisotopic (exact) mass is 400 g/mol. The Morgan fingerprint density at radius 1 is 1.09 bits per heavy atom. The van der Waals surface area contributed by atoms with Gasteiger partial charge in [-0.3, -0.25) is 4.79 Å². The van der Waals surface area contributed by atoms with E-state index >= 15 is 0 Å². The average molecular weight is 401 g/mol. The minimum absolute atomic E-state index is 0.0106. The third-order valence-corrected chi connectivity index (χ3v) is 5.29. The summed E-state index contributed by atoms with van der Waals surface area (Å²) in [5.74, 6) is 0.0106. The largest absolute Gasteiger partial charge is 0.273 e. The first-order valence-electron chi connectivity index (χ1n) is 8.79. The number of unbranched alkanes of at least 4 members (excludes halogenated alkanes) is 9. The van der Waals surface area contributed by atoms with E-state index in [0.717, 1.165) is 21.5 Å². The van der Waals surface area contributed by atoms with E-state index in [9.17, 15) is 4.79 Å². The molecule has 1 rings (SSSR count). The molecule has 1 heterocycles. The molecule has 3 nitrogen and oxygen atoms in total. The zero-order chi connectivity index (χ0) is 16.8. The molecule has 0 radical (unpaired) electrons. The number of halogens is 1. The molecule has 5 heteroatoms. The van der Waals surface area contributed by atoms with Crippen LogP contribution in [0.15, 0.2) is 21.0 Å². The maximum absolute atomic E-state index is 11.6. The minimum atomic E-state index is 0.0106. The molecule has 1 N–H and O–H groups in total. The van der Waals surface area contributed by atoms with E-state index in [0.29, 0.717) is 6.42 Å². The summed E-state index contributed by atoms with van der Waals surface area (Å²) in [6, 6.07) is 3.93. The molecule has 1 amide bonds. The van der Waals surface area contributed by atoms with E-state index in [1.165, 1.54) is 51.4 Å². The predicted molar refractivity (Wildman–Crippen MR) is 104 cm³/mol. The molecule has 0 bridgehead atoms. The Bertz CT molecular complexity index is 460. The van der Waals surface area contributed by atoms with Gasteiger partial charge in [0.1, 0.15) is 0 Å². The number of amides is 1. The Balaban J connectivity index is 1.91. The van der Waals surface area contributed by atoms with Crippen LogP contribution in [-0.2, 0) is 4.79 Å². The molecule has 0 saturated heterocycles. The lowest BCUT2D eigenvalue weighted by Gasteiger charge is -2.02. The molecule has 0 spiro atoms. The second kappa shape index (κ2) is 13.7. The Morgan fingerprint density at radius 2 is 1.70 bits per heavy atom. The van der Waals surface area contributed by atoms with Crippen LogP contribution in [-0.4, -0.2) is 12.1 Å². The van der Waals surface area contributed by atoms with Crippen molar-refractivity contribution < 1.29 is 4.79 Å². The third kappa shape index (κ3) is 11.5. The van der Waals surface area contributed by atoms with E-state index in [2.05, 4.69) is 33.4 Å². The van der Waals surface area contributed by atoms with Crippen LogP contribution >= 0.6 is 27.3 Å². The van der Waals surface area contributed by atoms with Crippen molar-refractivity contribution >= 4 is 39.4 Å². The van der Waals surface area contributed by atoms with E-state index in [1.807, 2.05) is 12.1 Å². The highest BCUT2D eigenvalue weighted by molar-refractivity contribution is 9.11. The van der Waals surface area contributed by atoms with Crippen molar-refractivity contribution in [3.05, 3.63) is 20.8 Å². The fraction of sp³-hybridized carbons (Fsp3) is 0.667. The summed E-state index contributed by atoms with van der Waals surface area (Å²) >= 11 is 4.99. The lowest BCUT2D eigenvalue weighted by Crippen LogP contribution is -2.16. The molecule has 0 saturated carbocycles. The molecule has 0 aromatic carbocycles. The number of hydrogen-bond acceptors (Lipinski definition) is 3. The summed E-state index contributed by atoms with van der Waals surface area (Å²) in [6.45, 7) is 2.25. The van der Waals surface area contributed by atoms with Gasteiger partial charge in [0.05, 0.1) is 10.0 Å². The second-order valence-electron chi connectivity index (χ2n) is 5.87. The fourth-order valence-electron chi connectivity index (χ4n) is 2.39. The van der Waals surface area contributed by atoms with E-state index in [-0.39, 0.29) is 5.91 Å². The van der Waals surface area contributed by atoms with Crippen molar-refractivity contribution in [2.24, 2.45) is 5.10 Å². The number of thiophene rings is 1. The predicted octanol–water partition coefficient (Wildman–Crippen LogP) is 6.27. The standard InChI is InChI=1S/C18H29BrN2OS/c1-2-3-4-5-6-7-8-9-10-11-12-18(22)21-20-15-16-13-14-17(19)23-16/h13-15H,2-12H2,1H3,(H,21,22)/b20-15+. The van der Waals surface area contributed by atoms with Gasteiger partial charge < -0.3 is 0 Å². The molecule has 0 fully saturated rings. The average Bonchev–Trinajstić information content (AvgIpc) is 2.94. The van der Waals surface area contributed by atoms with Crippen molar-refractivity contribution in [3.8, 4) is 0 Å². The normalized spacial score (nSPS) is 11.2. The van der Waals surface area contributed by atoms with Crippen LogP contribution in [0.25, 0.3) is 0 Å². The molecule has 0 atom stereocenters. The number of hydrogen-bond donors (Lipinski definition) is 1. The summed E-state index contributed by atoms with van der Waals surface area (Å²) in [6.07, 6.45) is 15.1. The minimum Gasteiger partial charge on any atom is -0.273 e. The number of carbonyl (C=O) groups is 1. The van der Waals surface area contributed by atoms with Crippen molar-refractivity contribution in [1.29, 1.82) is 0 Å². The molecule has 23 heavy (non-hydrogen) atoms. The molecule has 0 aliphatic carbocycles. The fourth-order valence-corrected chi connectivity index (χ4v) is 3.69. The van der Waals surface area contributed by atoms with Crippen LogP contribution in [0, 0.1) is 0 Å². The highest BCUT2D eigenvalue weighted by atomic mass is 79.9. The molecule has 1 aromatic rings. The van der Waals surface area contributed by atoms with Crippen LogP contribution < -0.4 is 5.43 Å². The first-order chi connectivity index (χ1) is 11.2. The van der Waals surface area contributed by atoms with Crippen LogP contribution in [0.1, 0.15) is 82.4 Å². The van der Waals surface area contributed by atoms with Crippen molar-refractivity contribution in [2.75, 3.05) is 0 Å². The van der Waals surface area contributed by atoms with Crippen molar-refractivity contribution in [2.45, 2.75) is 77.6 Å². The lowest BCUT2D eigenvalue weighted by molar-refractivity contribution is -0.121. The van der Waals surface area contributed by atoms with Gasteiger partial charge in [0.15, 0.2) is 0 Å². The Hall–Kier alpha value is -0.680. The number of hydrazone groups is 1. The number of nitrogens with zero attached hydrogens (tertiary/aromatic N) is 1. The van der Waals surface area contributed by atoms with Gasteiger partial charge in [0.25, 0.3) is 0 Å². The topological polar surface area (TPSA) is 41.5 Å². The Labute approximate surface area is 153 Å². The molecular weight excluding hydrogens is 372 g/mol. The van der Waals surface area contributed by atoms with Crippen molar-refractivity contribution in [3.63, 3.8) is 0 Å². The van der Waals surface area contributed by atoms with E-state index in [1.54, 1.807) is 17.6 Å². The van der Waals surface area contributed by atoms with Crippen LogP contribution in [0.2, 0.25) is 0 Å². The van der Waals surface area contributed by atoms with Crippen molar-refractivity contribution in [1.82, 2.24) is 5.43 Å². The maximum Gasteiger partial charge on any atom is 0.240 e. The van der Waals surface area contributed by atoms with Crippen LogP contribution in [0.4, 0.5) is 0 Å². The smallest absolute Gasteiger partial charge is 0.240 e. The van der Waals surface area contributed by atoms with Gasteiger partial charge >= 0.3 is 0 Å². The molecule has 0 unspecified atom stereocenters. The Kier molecular flexibility index (Phi) is 12.2. The summed E-state index contributed by atoms with van der Waals surface area (Å²) in [7, 11) is 0. The highest BCUT2D eigenvalue weighted by Crippen LogP contribution is 2.20. The molecule has 0 aliphatic rings. The number of rotatable bonds is 13. The first-order valence-corrected chi connectivity index (χ1v) is 10.4. The van der Waals surface area contributed by atoms with Gasteiger partial charge in [-0.15, -0.1) is 11.3 Å². The number of carbonyl (C=O) groups excluding carboxylic acids is 1. The molecule has 0 aliphatic heterocycles. The lowest BCUT2D eigenvalue weighted by atomic mass is 10.1. The van der Waals surface area contributed by atoms with Gasteiger partial charge in [-0.2, -0.15) is 5.10 Å². The maximum atomic E-state index is 11.6.